The number of anilines is 1. The molecule has 3 heterocycles. The Labute approximate surface area is 209 Å². The fourth-order valence-corrected chi connectivity index (χ4v) is 4.70. The number of nitrogens with zero attached hydrogens (tertiary/aromatic N) is 6. The van der Waals surface area contributed by atoms with E-state index in [1.165, 1.54) is 13.3 Å². The molecule has 0 aliphatic heterocycles. The Kier molecular flexibility index (Phi) is 9.08. The van der Waals surface area contributed by atoms with Crippen LogP contribution in [0.4, 0.5) is 5.82 Å². The molecule has 3 N–H and O–H groups in total. The molecule has 0 fully saturated rings. The summed E-state index contributed by atoms with van der Waals surface area (Å²) in [4.78, 5) is 28.7. The van der Waals surface area contributed by atoms with E-state index in [-0.39, 0.29) is 18.3 Å². The first-order valence-corrected chi connectivity index (χ1v) is 13.1. The van der Waals surface area contributed by atoms with E-state index in [9.17, 15) is 9.36 Å². The van der Waals surface area contributed by atoms with Crippen molar-refractivity contribution in [1.29, 1.82) is 0 Å². The predicted molar refractivity (Wildman–Crippen MR) is 134 cm³/mol. The van der Waals surface area contributed by atoms with Crippen LogP contribution >= 0.6 is 7.52 Å². The van der Waals surface area contributed by atoms with Gasteiger partial charge in [-0.15, -0.1) is 0 Å². The Balaban J connectivity index is 1.72. The lowest BCUT2D eigenvalue weighted by Gasteiger charge is -2.23. The number of fused-ring (bicyclic) bond motifs is 1. The lowest BCUT2D eigenvalue weighted by Crippen LogP contribution is -2.36. The van der Waals surface area contributed by atoms with E-state index in [1.807, 2.05) is 0 Å². The Hall–Kier alpha value is -3.41. The van der Waals surface area contributed by atoms with Crippen LogP contribution in [0.2, 0.25) is 0 Å². The summed E-state index contributed by atoms with van der Waals surface area (Å²) < 4.78 is 32.0. The van der Waals surface area contributed by atoms with Gasteiger partial charge < -0.3 is 24.4 Å². The molecule has 0 amide bonds. The summed E-state index contributed by atoms with van der Waals surface area (Å²) in [6.07, 6.45) is 5.04. The first kappa shape index (κ1) is 27.2. The molecule has 14 heteroatoms. The molecule has 0 aliphatic carbocycles. The highest BCUT2D eigenvalue weighted by Crippen LogP contribution is 2.44. The van der Waals surface area contributed by atoms with Gasteiger partial charge in [-0.3, -0.25) is 14.3 Å². The predicted octanol–water partition coefficient (Wildman–Crippen LogP) is 2.73. The van der Waals surface area contributed by atoms with Crippen molar-refractivity contribution in [1.82, 2.24) is 29.6 Å². The monoisotopic (exact) mass is 518 g/mol. The van der Waals surface area contributed by atoms with Gasteiger partial charge in [-0.1, -0.05) is 5.16 Å². The van der Waals surface area contributed by atoms with E-state index < -0.39 is 25.6 Å². The highest BCUT2D eigenvalue weighted by molar-refractivity contribution is 7.56. The fourth-order valence-electron chi connectivity index (χ4n) is 3.13. The molecule has 13 nitrogen and oxygen atoms in total. The molecule has 0 aromatic carbocycles. The van der Waals surface area contributed by atoms with Gasteiger partial charge in [0, 0.05) is 18.0 Å². The zero-order valence-electron chi connectivity index (χ0n) is 20.9. The van der Waals surface area contributed by atoms with Crippen molar-refractivity contribution < 1.29 is 23.5 Å². The molecule has 3 atom stereocenters. The van der Waals surface area contributed by atoms with Crippen molar-refractivity contribution in [2.75, 3.05) is 12.1 Å². The van der Waals surface area contributed by atoms with Gasteiger partial charge in [-0.05, 0) is 46.8 Å². The van der Waals surface area contributed by atoms with Crippen LogP contribution in [0, 0.1) is 0 Å². The van der Waals surface area contributed by atoms with Crippen molar-refractivity contribution in [2.24, 2.45) is 5.16 Å². The lowest BCUT2D eigenvalue weighted by atomic mass is 10.2. The minimum atomic E-state index is -3.79. The zero-order valence-corrected chi connectivity index (χ0v) is 21.8. The summed E-state index contributed by atoms with van der Waals surface area (Å²) in [6.45, 7) is 8.83. The quantitative estimate of drug-likeness (QED) is 0.156. The zero-order chi connectivity index (χ0) is 26.3. The lowest BCUT2D eigenvalue weighted by molar-refractivity contribution is -0.149. The number of nitrogens with one attached hydrogen (secondary N) is 1. The number of carbonyl (C=O) groups excluding carboxylic acids is 1. The number of nitrogens with two attached hydrogens (primary N) is 1. The Morgan fingerprint density at radius 3 is 2.61 bits per heavy atom. The van der Waals surface area contributed by atoms with Crippen LogP contribution in [0.5, 0.6) is 0 Å². The maximum atomic E-state index is 13.7. The van der Waals surface area contributed by atoms with Gasteiger partial charge >= 0.3 is 13.5 Å². The number of carbonyl (C=O) groups is 1. The van der Waals surface area contributed by atoms with Gasteiger partial charge in [0.25, 0.3) is 0 Å². The Morgan fingerprint density at radius 1 is 1.19 bits per heavy atom. The fraction of sp³-hybridized carbons (Fsp3) is 0.455. The Bertz CT molecular complexity index is 1250. The number of esters is 1. The molecule has 0 radical (unpaired) electrons. The second kappa shape index (κ2) is 12.0. The van der Waals surface area contributed by atoms with Crippen molar-refractivity contribution in [3.8, 4) is 0 Å². The van der Waals surface area contributed by atoms with Gasteiger partial charge in [-0.25, -0.2) is 20.0 Å². The SMILES string of the molecule is C/C(=N\OP(=O)(CO[C@H](C)Cn1cnc2c(N)ncnc21)N[C@@H](C)C(=O)OC(C)C)c1ccncc1. The highest BCUT2D eigenvalue weighted by Gasteiger charge is 2.32. The van der Waals surface area contributed by atoms with Crippen molar-refractivity contribution in [3.63, 3.8) is 0 Å². The van der Waals surface area contributed by atoms with E-state index in [2.05, 4.69) is 30.2 Å². The molecule has 0 saturated carbocycles. The third kappa shape index (κ3) is 7.30. The summed E-state index contributed by atoms with van der Waals surface area (Å²) in [5, 5.41) is 6.74. The average Bonchev–Trinajstić information content (AvgIpc) is 3.25. The topological polar surface area (TPSA) is 169 Å². The molecule has 3 rings (SSSR count). The molecule has 1 unspecified atom stereocenters. The second-order valence-electron chi connectivity index (χ2n) is 8.44. The van der Waals surface area contributed by atoms with E-state index in [4.69, 9.17) is 19.8 Å². The first-order valence-electron chi connectivity index (χ1n) is 11.3. The Morgan fingerprint density at radius 2 is 1.92 bits per heavy atom. The van der Waals surface area contributed by atoms with Gasteiger partial charge in [0.15, 0.2) is 11.5 Å². The molecular weight excluding hydrogens is 487 g/mol. The van der Waals surface area contributed by atoms with E-state index in [0.717, 1.165) is 5.56 Å². The van der Waals surface area contributed by atoms with E-state index in [1.54, 1.807) is 63.1 Å². The maximum Gasteiger partial charge on any atom is 0.364 e. The van der Waals surface area contributed by atoms with Crippen molar-refractivity contribution in [2.45, 2.75) is 59.4 Å². The smallest absolute Gasteiger partial charge is 0.364 e. The number of oxime groups is 1. The minimum Gasteiger partial charge on any atom is -0.462 e. The summed E-state index contributed by atoms with van der Waals surface area (Å²) >= 11 is 0. The van der Waals surface area contributed by atoms with E-state index >= 15 is 0 Å². The third-order valence-electron chi connectivity index (χ3n) is 4.92. The number of hydrogen-bond acceptors (Lipinski definition) is 11. The molecule has 0 spiro atoms. The molecule has 194 valence electrons. The first-order chi connectivity index (χ1) is 17.1. The summed E-state index contributed by atoms with van der Waals surface area (Å²) in [6, 6.07) is 2.56. The van der Waals surface area contributed by atoms with Gasteiger partial charge in [0.05, 0.1) is 30.8 Å². The average molecular weight is 519 g/mol. The minimum absolute atomic E-state index is 0.277. The summed E-state index contributed by atoms with van der Waals surface area (Å²) in [5.74, 6) is -0.294. The van der Waals surface area contributed by atoms with Crippen LogP contribution in [0.15, 0.2) is 42.3 Å². The number of aromatic nitrogens is 5. The second-order valence-corrected chi connectivity index (χ2v) is 10.5. The van der Waals surface area contributed by atoms with Crippen LogP contribution in [-0.2, 0) is 30.0 Å². The number of hydrogen-bond donors (Lipinski definition) is 2. The van der Waals surface area contributed by atoms with Gasteiger partial charge in [0.1, 0.15) is 24.2 Å². The summed E-state index contributed by atoms with van der Waals surface area (Å²) in [7, 11) is -3.79. The number of imidazole rings is 1. The highest BCUT2D eigenvalue weighted by atomic mass is 31.2. The van der Waals surface area contributed by atoms with Gasteiger partial charge in [0.2, 0.25) is 0 Å². The molecule has 0 aliphatic rings. The van der Waals surface area contributed by atoms with Crippen molar-refractivity contribution in [3.05, 3.63) is 42.7 Å². The van der Waals surface area contributed by atoms with Gasteiger partial charge in [-0.2, -0.15) is 0 Å². The van der Waals surface area contributed by atoms with Crippen LogP contribution in [0.1, 0.15) is 40.2 Å². The molecule has 0 saturated heterocycles. The number of rotatable bonds is 12. The van der Waals surface area contributed by atoms with Crippen molar-refractivity contribution >= 4 is 36.2 Å². The van der Waals surface area contributed by atoms with Crippen LogP contribution in [0.3, 0.4) is 0 Å². The van der Waals surface area contributed by atoms with Crippen LogP contribution in [0.25, 0.3) is 11.2 Å². The number of ether oxygens (including phenoxy) is 2. The van der Waals surface area contributed by atoms with E-state index in [0.29, 0.717) is 23.4 Å². The normalized spacial score (nSPS) is 15.4. The standard InChI is InChI=1S/C22H31N8O5P/c1-14(2)34-22(31)17(5)29-36(32,35-28-16(4)18-6-8-24-9-7-18)13-33-15(3)10-30-12-27-19-20(23)25-11-26-21(19)30/h6-9,11-12,14-15,17H,10,13H2,1-5H3,(H,29,32)(H2,23,25,26)/b28-16+/t15-,17+,36?/m1/s1. The molecule has 3 aromatic heterocycles. The largest absolute Gasteiger partial charge is 0.462 e. The molecule has 36 heavy (non-hydrogen) atoms. The third-order valence-corrected chi connectivity index (χ3v) is 6.53. The number of nitrogen functional groups attached to an aromatic ring is 1. The molecule has 3 aromatic rings. The number of pyridine rings is 1. The van der Waals surface area contributed by atoms with Crippen LogP contribution < -0.4 is 10.8 Å². The maximum absolute atomic E-state index is 13.7. The molecular formula is C22H31N8O5P. The molecule has 0 bridgehead atoms. The van der Waals surface area contributed by atoms with Crippen LogP contribution in [-0.4, -0.2) is 60.8 Å². The summed E-state index contributed by atoms with van der Waals surface area (Å²) in [5.41, 5.74) is 8.10.